The van der Waals surface area contributed by atoms with Crippen LogP contribution in [0.1, 0.15) is 31.7 Å². The van der Waals surface area contributed by atoms with E-state index in [4.69, 9.17) is 5.73 Å². The lowest BCUT2D eigenvalue weighted by molar-refractivity contribution is -0.124. The number of nitrogen functional groups attached to an aromatic ring is 1. The summed E-state index contributed by atoms with van der Waals surface area (Å²) in [5.41, 5.74) is 7.32. The number of nitrogens with zero attached hydrogens (tertiary/aromatic N) is 1. The molecule has 0 fully saturated rings. The lowest BCUT2D eigenvalue weighted by atomic mass is 10.2. The summed E-state index contributed by atoms with van der Waals surface area (Å²) in [4.78, 5) is 13.5. The van der Waals surface area contributed by atoms with E-state index in [9.17, 15) is 4.79 Å². The van der Waals surface area contributed by atoms with E-state index < -0.39 is 0 Å². The maximum Gasteiger partial charge on any atom is 0.246 e. The Morgan fingerprint density at radius 3 is 2.56 bits per heavy atom. The van der Waals surface area contributed by atoms with Crippen LogP contribution < -0.4 is 5.73 Å². The average Bonchev–Trinajstić information content (AvgIpc) is 2.38. The van der Waals surface area contributed by atoms with Crippen molar-refractivity contribution in [2.75, 3.05) is 19.3 Å². The summed E-state index contributed by atoms with van der Waals surface area (Å²) in [6, 6.07) is 7.45. The number of carbonyl (C=O) groups excluding carboxylic acids is 1. The standard InChI is InChI=1S/C15H22N2O/c1-3-4-5-12-17(2)15(18)11-8-13-6-9-14(16)10-7-13/h6-11H,3-5,12,16H2,1-2H3/b11-8+. The highest BCUT2D eigenvalue weighted by Gasteiger charge is 2.03. The third-order valence-corrected chi connectivity index (χ3v) is 2.83. The highest BCUT2D eigenvalue weighted by molar-refractivity contribution is 5.91. The van der Waals surface area contributed by atoms with Crippen molar-refractivity contribution in [1.29, 1.82) is 0 Å². The lowest BCUT2D eigenvalue weighted by Gasteiger charge is -2.14. The molecule has 2 N–H and O–H groups in total. The van der Waals surface area contributed by atoms with Crippen molar-refractivity contribution in [2.24, 2.45) is 0 Å². The van der Waals surface area contributed by atoms with Crippen LogP contribution in [0.2, 0.25) is 0 Å². The topological polar surface area (TPSA) is 46.3 Å². The second kappa shape index (κ2) is 7.54. The van der Waals surface area contributed by atoms with Gasteiger partial charge in [-0.05, 0) is 30.2 Å². The average molecular weight is 246 g/mol. The second-order valence-corrected chi connectivity index (χ2v) is 4.47. The molecule has 1 amide bonds. The predicted molar refractivity (Wildman–Crippen MR) is 77.1 cm³/mol. The number of nitrogens with two attached hydrogens (primary N) is 1. The van der Waals surface area contributed by atoms with E-state index in [0.29, 0.717) is 0 Å². The molecule has 1 aromatic carbocycles. The Kier molecular flexibility index (Phi) is 5.98. The molecule has 1 rings (SSSR count). The fourth-order valence-corrected chi connectivity index (χ4v) is 1.61. The third kappa shape index (κ3) is 5.04. The van der Waals surface area contributed by atoms with Crippen LogP contribution in [0.3, 0.4) is 0 Å². The summed E-state index contributed by atoms with van der Waals surface area (Å²) < 4.78 is 0. The van der Waals surface area contributed by atoms with Gasteiger partial charge in [0.1, 0.15) is 0 Å². The molecule has 3 heteroatoms. The Hall–Kier alpha value is -1.77. The van der Waals surface area contributed by atoms with Crippen molar-refractivity contribution in [3.8, 4) is 0 Å². The quantitative estimate of drug-likeness (QED) is 0.476. The van der Waals surface area contributed by atoms with Gasteiger partial charge >= 0.3 is 0 Å². The van der Waals surface area contributed by atoms with E-state index in [0.717, 1.165) is 24.2 Å². The van der Waals surface area contributed by atoms with Gasteiger partial charge in [0, 0.05) is 25.4 Å². The third-order valence-electron chi connectivity index (χ3n) is 2.83. The maximum absolute atomic E-state index is 11.8. The van der Waals surface area contributed by atoms with Crippen LogP contribution >= 0.6 is 0 Å². The molecular formula is C15H22N2O. The van der Waals surface area contributed by atoms with Crippen LogP contribution in [0.5, 0.6) is 0 Å². The van der Waals surface area contributed by atoms with Crippen molar-refractivity contribution in [3.63, 3.8) is 0 Å². The van der Waals surface area contributed by atoms with Gasteiger partial charge in [-0.15, -0.1) is 0 Å². The van der Waals surface area contributed by atoms with Crippen molar-refractivity contribution in [1.82, 2.24) is 4.90 Å². The largest absolute Gasteiger partial charge is 0.399 e. The number of carbonyl (C=O) groups is 1. The molecule has 0 unspecified atom stereocenters. The molecule has 0 aliphatic heterocycles. The van der Waals surface area contributed by atoms with E-state index in [1.165, 1.54) is 12.8 Å². The van der Waals surface area contributed by atoms with E-state index >= 15 is 0 Å². The molecule has 0 atom stereocenters. The van der Waals surface area contributed by atoms with Crippen LogP contribution in [-0.4, -0.2) is 24.4 Å². The van der Waals surface area contributed by atoms with Gasteiger partial charge in [-0.3, -0.25) is 4.79 Å². The molecule has 0 heterocycles. The monoisotopic (exact) mass is 246 g/mol. The normalized spacial score (nSPS) is 10.8. The Labute approximate surface area is 109 Å². The van der Waals surface area contributed by atoms with Gasteiger partial charge in [0.2, 0.25) is 5.91 Å². The van der Waals surface area contributed by atoms with Gasteiger partial charge in [-0.25, -0.2) is 0 Å². The van der Waals surface area contributed by atoms with Gasteiger partial charge in [0.15, 0.2) is 0 Å². The van der Waals surface area contributed by atoms with Crippen LogP contribution in [-0.2, 0) is 4.79 Å². The smallest absolute Gasteiger partial charge is 0.246 e. The van der Waals surface area contributed by atoms with E-state index in [2.05, 4.69) is 6.92 Å². The number of benzene rings is 1. The van der Waals surface area contributed by atoms with Gasteiger partial charge in [-0.2, -0.15) is 0 Å². The van der Waals surface area contributed by atoms with Crippen molar-refractivity contribution in [3.05, 3.63) is 35.9 Å². The first-order valence-corrected chi connectivity index (χ1v) is 6.42. The van der Waals surface area contributed by atoms with E-state index in [1.54, 1.807) is 11.0 Å². The zero-order chi connectivity index (χ0) is 13.4. The van der Waals surface area contributed by atoms with Crippen LogP contribution in [0.25, 0.3) is 6.08 Å². The highest BCUT2D eigenvalue weighted by Crippen LogP contribution is 2.07. The van der Waals surface area contributed by atoms with Gasteiger partial charge in [0.25, 0.3) is 0 Å². The van der Waals surface area contributed by atoms with Crippen LogP contribution in [0.15, 0.2) is 30.3 Å². The second-order valence-electron chi connectivity index (χ2n) is 4.47. The summed E-state index contributed by atoms with van der Waals surface area (Å²) >= 11 is 0. The number of hydrogen-bond donors (Lipinski definition) is 1. The Morgan fingerprint density at radius 1 is 1.28 bits per heavy atom. The minimum absolute atomic E-state index is 0.0444. The van der Waals surface area contributed by atoms with Crippen molar-refractivity contribution < 1.29 is 4.79 Å². The Morgan fingerprint density at radius 2 is 1.94 bits per heavy atom. The SMILES string of the molecule is CCCCCN(C)C(=O)/C=C/c1ccc(N)cc1. The van der Waals surface area contributed by atoms with E-state index in [-0.39, 0.29) is 5.91 Å². The molecule has 0 saturated heterocycles. The van der Waals surface area contributed by atoms with E-state index in [1.807, 2.05) is 37.4 Å². The number of anilines is 1. The van der Waals surface area contributed by atoms with Gasteiger partial charge in [-0.1, -0.05) is 31.9 Å². The zero-order valence-electron chi connectivity index (χ0n) is 11.2. The summed E-state index contributed by atoms with van der Waals surface area (Å²) in [5, 5.41) is 0. The van der Waals surface area contributed by atoms with Crippen LogP contribution in [0, 0.1) is 0 Å². The summed E-state index contributed by atoms with van der Waals surface area (Å²) in [5.74, 6) is 0.0444. The summed E-state index contributed by atoms with van der Waals surface area (Å²) in [6.45, 7) is 2.97. The number of rotatable bonds is 6. The van der Waals surface area contributed by atoms with Gasteiger partial charge < -0.3 is 10.6 Å². The minimum atomic E-state index is 0.0444. The number of amides is 1. The molecule has 0 aliphatic rings. The first-order chi connectivity index (χ1) is 8.63. The predicted octanol–water partition coefficient (Wildman–Crippen LogP) is 2.93. The van der Waals surface area contributed by atoms with Gasteiger partial charge in [0.05, 0.1) is 0 Å². The summed E-state index contributed by atoms with van der Waals surface area (Å²) in [6.07, 6.45) is 6.83. The molecule has 0 spiro atoms. The first kappa shape index (κ1) is 14.3. The number of hydrogen-bond acceptors (Lipinski definition) is 2. The molecule has 3 nitrogen and oxygen atoms in total. The fraction of sp³-hybridized carbons (Fsp3) is 0.400. The van der Waals surface area contributed by atoms with Crippen LogP contribution in [0.4, 0.5) is 5.69 Å². The molecule has 0 aromatic heterocycles. The summed E-state index contributed by atoms with van der Waals surface area (Å²) in [7, 11) is 1.84. The zero-order valence-corrected chi connectivity index (χ0v) is 11.2. The molecule has 0 saturated carbocycles. The maximum atomic E-state index is 11.8. The Bertz CT molecular complexity index is 395. The minimum Gasteiger partial charge on any atom is -0.399 e. The lowest BCUT2D eigenvalue weighted by Crippen LogP contribution is -2.25. The first-order valence-electron chi connectivity index (χ1n) is 6.42. The molecule has 0 radical (unpaired) electrons. The molecule has 0 aliphatic carbocycles. The molecule has 98 valence electrons. The fourth-order valence-electron chi connectivity index (χ4n) is 1.61. The van der Waals surface area contributed by atoms with Crippen molar-refractivity contribution in [2.45, 2.75) is 26.2 Å². The number of unbranched alkanes of at least 4 members (excludes halogenated alkanes) is 2. The molecule has 18 heavy (non-hydrogen) atoms. The highest BCUT2D eigenvalue weighted by atomic mass is 16.2. The Balaban J connectivity index is 2.45. The molecule has 1 aromatic rings. The number of likely N-dealkylation sites (N-methyl/N-ethyl adjacent to an activating group) is 1. The van der Waals surface area contributed by atoms with Crippen molar-refractivity contribution >= 4 is 17.7 Å². The molecule has 0 bridgehead atoms. The molecular weight excluding hydrogens is 224 g/mol.